The first kappa shape index (κ1) is 14.9. The molecule has 0 heterocycles. The summed E-state index contributed by atoms with van der Waals surface area (Å²) in [6.07, 6.45) is 8.45. The van der Waals surface area contributed by atoms with Crippen LogP contribution in [0.1, 0.15) is 57.1 Å². The average Bonchev–Trinajstić information content (AvgIpc) is 2.71. The minimum atomic E-state index is 0.541. The Morgan fingerprint density at radius 3 is 2.26 bits per heavy atom. The van der Waals surface area contributed by atoms with Gasteiger partial charge in [0.05, 0.1) is 0 Å². The fourth-order valence-corrected chi connectivity index (χ4v) is 3.92. The highest BCUT2D eigenvalue weighted by atomic mass is 32.2. The van der Waals surface area contributed by atoms with Crippen LogP contribution in [0.4, 0.5) is 0 Å². The van der Waals surface area contributed by atoms with Crippen molar-refractivity contribution < 1.29 is 0 Å². The molecule has 0 saturated heterocycles. The molecule has 0 radical (unpaired) electrons. The highest BCUT2D eigenvalue weighted by molar-refractivity contribution is 7.99. The predicted molar refractivity (Wildman–Crippen MR) is 85.8 cm³/mol. The van der Waals surface area contributed by atoms with Gasteiger partial charge in [0.2, 0.25) is 0 Å². The fourth-order valence-electron chi connectivity index (χ4n) is 3.26. The number of thioether (sulfide) groups is 1. The largest absolute Gasteiger partial charge is 0.313 e. The number of hydrogen-bond donors (Lipinski definition) is 1. The van der Waals surface area contributed by atoms with Gasteiger partial charge in [0.15, 0.2) is 0 Å². The highest BCUT2D eigenvalue weighted by Crippen LogP contribution is 2.34. The van der Waals surface area contributed by atoms with Crippen LogP contribution in [0.5, 0.6) is 0 Å². The second kappa shape index (κ2) is 7.96. The Labute approximate surface area is 122 Å². The van der Waals surface area contributed by atoms with E-state index >= 15 is 0 Å². The standard InChI is InChI=1S/C17H27NS/c1-3-19-16-12-10-15(11-13-16)17(18-2)14-8-6-4-5-7-9-14/h10-14,17-18H,3-9H2,1-2H3. The summed E-state index contributed by atoms with van der Waals surface area (Å²) in [5.74, 6) is 1.97. The summed E-state index contributed by atoms with van der Waals surface area (Å²) in [4.78, 5) is 1.39. The normalized spacial score (nSPS) is 19.1. The van der Waals surface area contributed by atoms with E-state index in [1.165, 1.54) is 49.0 Å². The van der Waals surface area contributed by atoms with Crippen LogP contribution in [0, 0.1) is 5.92 Å². The summed E-state index contributed by atoms with van der Waals surface area (Å²) in [6, 6.07) is 9.75. The Morgan fingerprint density at radius 1 is 1.11 bits per heavy atom. The molecule has 1 aromatic carbocycles. The molecule has 0 amide bonds. The van der Waals surface area contributed by atoms with Gasteiger partial charge in [-0.15, -0.1) is 11.8 Å². The molecule has 1 saturated carbocycles. The minimum Gasteiger partial charge on any atom is -0.313 e. The molecule has 0 spiro atoms. The fraction of sp³-hybridized carbons (Fsp3) is 0.647. The third-order valence-electron chi connectivity index (χ3n) is 4.23. The van der Waals surface area contributed by atoms with Crippen LogP contribution in [0.15, 0.2) is 29.2 Å². The van der Waals surface area contributed by atoms with Gasteiger partial charge in [-0.3, -0.25) is 0 Å². The minimum absolute atomic E-state index is 0.541. The number of rotatable bonds is 5. The van der Waals surface area contributed by atoms with E-state index in [-0.39, 0.29) is 0 Å². The van der Waals surface area contributed by atoms with Crippen LogP contribution in [0.2, 0.25) is 0 Å². The Bertz CT molecular complexity index is 352. The molecule has 1 N–H and O–H groups in total. The van der Waals surface area contributed by atoms with Crippen LogP contribution < -0.4 is 5.32 Å². The summed E-state index contributed by atoms with van der Waals surface area (Å²) < 4.78 is 0. The summed E-state index contributed by atoms with van der Waals surface area (Å²) >= 11 is 1.92. The first-order chi connectivity index (χ1) is 9.35. The molecule has 1 atom stereocenters. The summed E-state index contributed by atoms with van der Waals surface area (Å²) in [5, 5.41) is 3.56. The van der Waals surface area contributed by atoms with Gasteiger partial charge in [-0.2, -0.15) is 0 Å². The number of nitrogens with one attached hydrogen (secondary N) is 1. The van der Waals surface area contributed by atoms with Gasteiger partial charge < -0.3 is 5.32 Å². The van der Waals surface area contributed by atoms with E-state index in [4.69, 9.17) is 0 Å². The molecular formula is C17H27NS. The molecule has 0 bridgehead atoms. The van der Waals surface area contributed by atoms with Crippen molar-refractivity contribution in [3.63, 3.8) is 0 Å². The third kappa shape index (κ3) is 4.25. The Morgan fingerprint density at radius 2 is 1.74 bits per heavy atom. The third-order valence-corrected chi connectivity index (χ3v) is 5.13. The lowest BCUT2D eigenvalue weighted by Crippen LogP contribution is -2.25. The quantitative estimate of drug-likeness (QED) is 0.598. The van der Waals surface area contributed by atoms with Crippen molar-refractivity contribution in [3.05, 3.63) is 29.8 Å². The maximum absolute atomic E-state index is 3.56. The topological polar surface area (TPSA) is 12.0 Å². The molecule has 106 valence electrons. The smallest absolute Gasteiger partial charge is 0.0346 e. The first-order valence-electron chi connectivity index (χ1n) is 7.75. The molecule has 1 aliphatic carbocycles. The van der Waals surface area contributed by atoms with Crippen molar-refractivity contribution in [2.45, 2.75) is 56.4 Å². The lowest BCUT2D eigenvalue weighted by Gasteiger charge is -2.26. The second-order valence-corrected chi connectivity index (χ2v) is 6.86. The Hall–Kier alpha value is -0.470. The van der Waals surface area contributed by atoms with Crippen molar-refractivity contribution >= 4 is 11.8 Å². The second-order valence-electron chi connectivity index (χ2n) is 5.52. The van der Waals surface area contributed by atoms with E-state index in [1.807, 2.05) is 11.8 Å². The monoisotopic (exact) mass is 277 g/mol. The summed E-state index contributed by atoms with van der Waals surface area (Å²) in [7, 11) is 2.12. The van der Waals surface area contributed by atoms with Crippen LogP contribution in [0.25, 0.3) is 0 Å². The van der Waals surface area contributed by atoms with Crippen molar-refractivity contribution in [1.82, 2.24) is 5.32 Å². The average molecular weight is 277 g/mol. The Balaban J connectivity index is 2.06. The molecule has 1 nitrogen and oxygen atoms in total. The summed E-state index contributed by atoms with van der Waals surface area (Å²) in [5.41, 5.74) is 1.47. The van der Waals surface area contributed by atoms with Crippen LogP contribution in [-0.4, -0.2) is 12.8 Å². The van der Waals surface area contributed by atoms with Crippen molar-refractivity contribution in [2.75, 3.05) is 12.8 Å². The number of benzene rings is 1. The van der Waals surface area contributed by atoms with E-state index in [0.717, 1.165) is 11.7 Å². The maximum atomic E-state index is 3.56. The lowest BCUT2D eigenvalue weighted by molar-refractivity contribution is 0.341. The van der Waals surface area contributed by atoms with Crippen molar-refractivity contribution in [2.24, 2.45) is 5.92 Å². The zero-order valence-electron chi connectivity index (χ0n) is 12.3. The molecule has 2 rings (SSSR count). The molecule has 19 heavy (non-hydrogen) atoms. The van der Waals surface area contributed by atoms with Gasteiger partial charge in [-0.1, -0.05) is 44.7 Å². The van der Waals surface area contributed by atoms with Crippen molar-refractivity contribution in [1.29, 1.82) is 0 Å². The van der Waals surface area contributed by atoms with Gasteiger partial charge in [-0.05, 0) is 49.3 Å². The van der Waals surface area contributed by atoms with Crippen LogP contribution in [-0.2, 0) is 0 Å². The molecule has 2 heteroatoms. The van der Waals surface area contributed by atoms with E-state index < -0.39 is 0 Å². The van der Waals surface area contributed by atoms with E-state index in [9.17, 15) is 0 Å². The molecular weight excluding hydrogens is 250 g/mol. The van der Waals surface area contributed by atoms with E-state index in [2.05, 4.69) is 43.6 Å². The molecule has 1 unspecified atom stereocenters. The molecule has 1 aromatic rings. The zero-order chi connectivity index (χ0) is 13.5. The van der Waals surface area contributed by atoms with Gasteiger partial charge in [0.25, 0.3) is 0 Å². The number of hydrogen-bond acceptors (Lipinski definition) is 2. The SMILES string of the molecule is CCSc1ccc(C(NC)C2CCCCCC2)cc1. The lowest BCUT2D eigenvalue weighted by atomic mass is 9.87. The zero-order valence-corrected chi connectivity index (χ0v) is 13.1. The van der Waals surface area contributed by atoms with Crippen LogP contribution >= 0.6 is 11.8 Å². The van der Waals surface area contributed by atoms with E-state index in [0.29, 0.717) is 6.04 Å². The molecule has 0 aliphatic heterocycles. The predicted octanol–water partition coefficient (Wildman–Crippen LogP) is 5.03. The maximum Gasteiger partial charge on any atom is 0.0346 e. The molecule has 1 fully saturated rings. The molecule has 1 aliphatic rings. The van der Waals surface area contributed by atoms with Gasteiger partial charge in [-0.25, -0.2) is 0 Å². The first-order valence-corrected chi connectivity index (χ1v) is 8.73. The highest BCUT2D eigenvalue weighted by Gasteiger charge is 2.22. The van der Waals surface area contributed by atoms with Crippen molar-refractivity contribution in [3.8, 4) is 0 Å². The summed E-state index contributed by atoms with van der Waals surface area (Å²) in [6.45, 7) is 2.21. The Kier molecular flexibility index (Phi) is 6.25. The van der Waals surface area contributed by atoms with Crippen LogP contribution in [0.3, 0.4) is 0 Å². The van der Waals surface area contributed by atoms with Gasteiger partial charge >= 0.3 is 0 Å². The van der Waals surface area contributed by atoms with Gasteiger partial charge in [0, 0.05) is 10.9 Å². The molecule has 0 aromatic heterocycles. The van der Waals surface area contributed by atoms with Gasteiger partial charge in [0.1, 0.15) is 0 Å². The van der Waals surface area contributed by atoms with E-state index in [1.54, 1.807) is 0 Å².